The molecule has 2 rings (SSSR count). The maximum absolute atomic E-state index is 13.1. The van der Waals surface area contributed by atoms with E-state index in [9.17, 15) is 18.0 Å². The molecule has 0 saturated carbocycles. The van der Waals surface area contributed by atoms with E-state index in [0.717, 1.165) is 6.07 Å². The van der Waals surface area contributed by atoms with E-state index < -0.39 is 23.4 Å². The predicted octanol–water partition coefficient (Wildman–Crippen LogP) is 1.69. The molecule has 8 heteroatoms. The Morgan fingerprint density at radius 3 is 2.62 bits per heavy atom. The summed E-state index contributed by atoms with van der Waals surface area (Å²) < 4.78 is 43.9. The number of hydrogen-bond acceptors (Lipinski definition) is 5. The van der Waals surface area contributed by atoms with E-state index in [1.807, 2.05) is 0 Å². The Balaban J connectivity index is 2.37. The molecule has 1 aromatic heterocycles. The molecule has 1 N–H and O–H groups in total. The zero-order chi connectivity index (χ0) is 15.5. The van der Waals surface area contributed by atoms with E-state index in [1.54, 1.807) is 4.90 Å². The largest absolute Gasteiger partial charge is 0.462 e. The maximum atomic E-state index is 13.1. The number of ether oxygens (including phenoxy) is 1. The van der Waals surface area contributed by atoms with Gasteiger partial charge in [0.25, 0.3) is 0 Å². The van der Waals surface area contributed by atoms with Crippen LogP contribution in [-0.2, 0) is 10.9 Å². The monoisotopic (exact) mass is 303 g/mol. The van der Waals surface area contributed by atoms with Crippen LogP contribution in [-0.4, -0.2) is 43.7 Å². The lowest BCUT2D eigenvalue weighted by molar-refractivity contribution is -0.141. The molecule has 1 aliphatic heterocycles. The Labute approximate surface area is 120 Å². The summed E-state index contributed by atoms with van der Waals surface area (Å²) in [4.78, 5) is 17.0. The number of rotatable bonds is 3. The van der Waals surface area contributed by atoms with E-state index >= 15 is 0 Å². The first-order valence-electron chi connectivity index (χ1n) is 6.64. The number of pyridine rings is 1. The molecule has 0 unspecified atom stereocenters. The van der Waals surface area contributed by atoms with Gasteiger partial charge in [0.2, 0.25) is 0 Å². The van der Waals surface area contributed by atoms with Gasteiger partial charge in [0.1, 0.15) is 5.82 Å². The van der Waals surface area contributed by atoms with Crippen molar-refractivity contribution < 1.29 is 22.7 Å². The van der Waals surface area contributed by atoms with Crippen LogP contribution in [0.25, 0.3) is 0 Å². The third kappa shape index (κ3) is 3.63. The summed E-state index contributed by atoms with van der Waals surface area (Å²) in [5, 5.41) is 3.11. The van der Waals surface area contributed by atoms with Crippen LogP contribution in [0.2, 0.25) is 0 Å². The first-order chi connectivity index (χ1) is 9.93. The molecule has 1 aromatic rings. The Kier molecular flexibility index (Phi) is 4.66. The number of aromatic nitrogens is 1. The Morgan fingerprint density at radius 2 is 2.05 bits per heavy atom. The maximum Gasteiger partial charge on any atom is 0.434 e. The molecule has 2 heterocycles. The van der Waals surface area contributed by atoms with Crippen LogP contribution in [0.4, 0.5) is 19.0 Å². The van der Waals surface area contributed by atoms with Gasteiger partial charge in [-0.3, -0.25) is 0 Å². The molecule has 0 spiro atoms. The van der Waals surface area contributed by atoms with Crippen molar-refractivity contribution >= 4 is 11.8 Å². The number of nitrogens with zero attached hydrogens (tertiary/aromatic N) is 2. The van der Waals surface area contributed by atoms with Crippen LogP contribution < -0.4 is 10.2 Å². The van der Waals surface area contributed by atoms with Gasteiger partial charge in [-0.25, -0.2) is 9.78 Å². The summed E-state index contributed by atoms with van der Waals surface area (Å²) in [5.41, 5.74) is -1.75. The minimum atomic E-state index is -4.70. The summed E-state index contributed by atoms with van der Waals surface area (Å²) in [7, 11) is 0. The van der Waals surface area contributed by atoms with Gasteiger partial charge >= 0.3 is 12.1 Å². The number of piperazine rings is 1. The van der Waals surface area contributed by atoms with Crippen molar-refractivity contribution in [2.45, 2.75) is 13.1 Å². The average Bonchev–Trinajstić information content (AvgIpc) is 2.47. The van der Waals surface area contributed by atoms with E-state index in [2.05, 4.69) is 15.0 Å². The smallest absolute Gasteiger partial charge is 0.434 e. The average molecular weight is 303 g/mol. The van der Waals surface area contributed by atoms with E-state index in [1.165, 1.54) is 13.0 Å². The molecule has 1 aliphatic rings. The highest BCUT2D eigenvalue weighted by Gasteiger charge is 2.38. The molecular weight excluding hydrogens is 287 g/mol. The normalized spacial score (nSPS) is 15.9. The third-order valence-corrected chi connectivity index (χ3v) is 3.09. The number of carbonyl (C=O) groups is 1. The van der Waals surface area contributed by atoms with Crippen LogP contribution in [0.3, 0.4) is 0 Å². The fourth-order valence-corrected chi connectivity index (χ4v) is 2.11. The molecule has 0 aromatic carbocycles. The minimum absolute atomic E-state index is 0.00960. The summed E-state index contributed by atoms with van der Waals surface area (Å²) in [6.45, 7) is 4.06. The minimum Gasteiger partial charge on any atom is -0.462 e. The molecule has 0 atom stereocenters. The third-order valence-electron chi connectivity index (χ3n) is 3.09. The van der Waals surface area contributed by atoms with Gasteiger partial charge in [-0.2, -0.15) is 13.2 Å². The number of carbonyl (C=O) groups excluding carboxylic acids is 1. The van der Waals surface area contributed by atoms with Gasteiger partial charge in [-0.1, -0.05) is 0 Å². The second kappa shape index (κ2) is 6.30. The number of hydrogen-bond donors (Lipinski definition) is 1. The van der Waals surface area contributed by atoms with Gasteiger partial charge < -0.3 is 15.0 Å². The lowest BCUT2D eigenvalue weighted by atomic mass is 10.1. The molecule has 0 amide bonds. The molecule has 0 aliphatic carbocycles. The molecule has 1 fully saturated rings. The lowest BCUT2D eigenvalue weighted by Crippen LogP contribution is -2.44. The van der Waals surface area contributed by atoms with Crippen molar-refractivity contribution in [1.29, 1.82) is 0 Å². The van der Waals surface area contributed by atoms with Crippen molar-refractivity contribution in [3.8, 4) is 0 Å². The van der Waals surface area contributed by atoms with Crippen LogP contribution in [0, 0.1) is 0 Å². The summed E-state index contributed by atoms with van der Waals surface area (Å²) >= 11 is 0. The highest BCUT2D eigenvalue weighted by atomic mass is 19.4. The number of anilines is 1. The molecule has 21 heavy (non-hydrogen) atoms. The van der Waals surface area contributed by atoms with Crippen LogP contribution in [0.5, 0.6) is 0 Å². The zero-order valence-electron chi connectivity index (χ0n) is 11.5. The van der Waals surface area contributed by atoms with Crippen molar-refractivity contribution in [3.05, 3.63) is 23.4 Å². The van der Waals surface area contributed by atoms with E-state index in [-0.39, 0.29) is 12.4 Å². The lowest BCUT2D eigenvalue weighted by Gasteiger charge is -2.29. The van der Waals surface area contributed by atoms with Gasteiger partial charge in [0.05, 0.1) is 12.2 Å². The van der Waals surface area contributed by atoms with Gasteiger partial charge in [-0.05, 0) is 19.1 Å². The fraction of sp³-hybridized carbons (Fsp3) is 0.538. The Morgan fingerprint density at radius 1 is 1.38 bits per heavy atom. The Bertz CT molecular complexity index is 514. The van der Waals surface area contributed by atoms with Crippen molar-refractivity contribution in [3.63, 3.8) is 0 Å². The molecule has 5 nitrogen and oxygen atoms in total. The topological polar surface area (TPSA) is 54.5 Å². The van der Waals surface area contributed by atoms with Crippen LogP contribution in [0.15, 0.2) is 12.1 Å². The van der Waals surface area contributed by atoms with Gasteiger partial charge in [0, 0.05) is 26.2 Å². The van der Waals surface area contributed by atoms with Crippen LogP contribution in [0.1, 0.15) is 23.0 Å². The fourth-order valence-electron chi connectivity index (χ4n) is 2.11. The number of esters is 1. The highest BCUT2D eigenvalue weighted by Crippen LogP contribution is 2.32. The summed E-state index contributed by atoms with van der Waals surface area (Å²) in [6.07, 6.45) is -4.70. The standard InChI is InChI=1S/C13H16F3N3O2/c1-2-21-12(20)9-3-4-10(18-11(9)13(14,15)16)19-7-5-17-6-8-19/h3-4,17H,2,5-8H2,1H3. The van der Waals surface area contributed by atoms with Gasteiger partial charge in [-0.15, -0.1) is 0 Å². The molecule has 1 saturated heterocycles. The van der Waals surface area contributed by atoms with Gasteiger partial charge in [0.15, 0.2) is 5.69 Å². The van der Waals surface area contributed by atoms with E-state index in [4.69, 9.17) is 0 Å². The predicted molar refractivity (Wildman–Crippen MR) is 70.3 cm³/mol. The summed E-state index contributed by atoms with van der Waals surface area (Å²) in [6, 6.07) is 2.55. The molecular formula is C13H16F3N3O2. The van der Waals surface area contributed by atoms with Crippen molar-refractivity contribution in [2.75, 3.05) is 37.7 Å². The second-order valence-electron chi connectivity index (χ2n) is 4.52. The SMILES string of the molecule is CCOC(=O)c1ccc(N2CCNCC2)nc1C(F)(F)F. The quantitative estimate of drug-likeness (QED) is 0.861. The van der Waals surface area contributed by atoms with Crippen molar-refractivity contribution in [1.82, 2.24) is 10.3 Å². The van der Waals surface area contributed by atoms with E-state index in [0.29, 0.717) is 26.2 Å². The number of halogens is 3. The highest BCUT2D eigenvalue weighted by molar-refractivity contribution is 5.91. The second-order valence-corrected chi connectivity index (χ2v) is 4.52. The number of alkyl halides is 3. The number of nitrogens with one attached hydrogen (secondary N) is 1. The molecule has 116 valence electrons. The van der Waals surface area contributed by atoms with Crippen LogP contribution >= 0.6 is 0 Å². The Hall–Kier alpha value is -1.83. The molecule has 0 radical (unpaired) electrons. The summed E-state index contributed by atoms with van der Waals surface area (Å²) in [5.74, 6) is -0.791. The first-order valence-corrected chi connectivity index (χ1v) is 6.64. The van der Waals surface area contributed by atoms with Crippen molar-refractivity contribution in [2.24, 2.45) is 0 Å². The first kappa shape index (κ1) is 15.6. The molecule has 0 bridgehead atoms. The zero-order valence-corrected chi connectivity index (χ0v) is 11.5.